The molecule has 4 heterocycles. The van der Waals surface area contributed by atoms with Crippen molar-refractivity contribution in [2.75, 3.05) is 13.1 Å². The predicted molar refractivity (Wildman–Crippen MR) is 137 cm³/mol. The van der Waals surface area contributed by atoms with E-state index in [2.05, 4.69) is 20.9 Å². The molecule has 4 aliphatic heterocycles. The molecule has 13 nitrogen and oxygen atoms in total. The van der Waals surface area contributed by atoms with Gasteiger partial charge in [0.05, 0.1) is 13.1 Å². The van der Waals surface area contributed by atoms with Crippen molar-refractivity contribution in [2.45, 2.75) is 42.4 Å². The Bertz CT molecular complexity index is 1420. The summed E-state index contributed by atoms with van der Waals surface area (Å²) in [6, 6.07) is 13.9. The monoisotopic (exact) mass is 534 g/mol. The van der Waals surface area contributed by atoms with Gasteiger partial charge in [0.2, 0.25) is 11.8 Å². The van der Waals surface area contributed by atoms with E-state index in [1.54, 1.807) is 18.2 Å². The Morgan fingerprint density at radius 2 is 1.77 bits per heavy atom. The maximum absolute atomic E-state index is 13.3. The van der Waals surface area contributed by atoms with Crippen LogP contribution in [0.15, 0.2) is 54.6 Å². The third kappa shape index (κ3) is 3.72. The normalized spacial score (nSPS) is 28.9. The molecule has 13 heteroatoms. The summed E-state index contributed by atoms with van der Waals surface area (Å²) in [5.41, 5.74) is 12.8. The first-order chi connectivity index (χ1) is 18.6. The second-order valence-electron chi connectivity index (χ2n) is 10.3. The summed E-state index contributed by atoms with van der Waals surface area (Å²) < 4.78 is 1.50. The van der Waals surface area contributed by atoms with Gasteiger partial charge < -0.3 is 15.5 Å². The number of rotatable bonds is 5. The fourth-order valence-corrected chi connectivity index (χ4v) is 6.13. The second kappa shape index (κ2) is 8.78. The molecule has 4 aliphatic rings. The molecule has 39 heavy (non-hydrogen) atoms. The molecule has 0 bridgehead atoms. The molecule has 4 atom stereocenters. The van der Waals surface area contributed by atoms with E-state index in [4.69, 9.17) is 11.5 Å². The van der Waals surface area contributed by atoms with Crippen LogP contribution in [-0.4, -0.2) is 92.0 Å². The van der Waals surface area contributed by atoms with Crippen molar-refractivity contribution in [1.82, 2.24) is 20.9 Å². The first-order valence-corrected chi connectivity index (χ1v) is 12.7. The minimum absolute atomic E-state index is 0.0556. The molecule has 2 aromatic rings. The van der Waals surface area contributed by atoms with Gasteiger partial charge in [0.15, 0.2) is 6.04 Å². The molecule has 2 fully saturated rings. The molecule has 6 rings (SSSR count). The number of likely N-dealkylation sites (tertiary alicyclic amines) is 1. The van der Waals surface area contributed by atoms with Crippen LogP contribution >= 0.6 is 0 Å². The third-order valence-corrected chi connectivity index (χ3v) is 8.02. The summed E-state index contributed by atoms with van der Waals surface area (Å²) in [5.74, 6) is -3.57. The van der Waals surface area contributed by atoms with Crippen LogP contribution < -0.4 is 32.4 Å². The van der Waals surface area contributed by atoms with E-state index >= 15 is 0 Å². The van der Waals surface area contributed by atoms with Crippen molar-refractivity contribution in [3.8, 4) is 11.1 Å². The Kier molecular flexibility index (Phi) is 5.59. The summed E-state index contributed by atoms with van der Waals surface area (Å²) >= 11 is 0. The smallest absolute Gasteiger partial charge is 0.347 e. The highest BCUT2D eigenvalue weighted by Crippen LogP contribution is 2.38. The number of nitrogens with zero attached hydrogens (tertiary/aromatic N) is 2. The van der Waals surface area contributed by atoms with Crippen molar-refractivity contribution in [1.29, 1.82) is 0 Å². The number of carbonyl (C=O) groups is 3. The van der Waals surface area contributed by atoms with Gasteiger partial charge in [-0.15, -0.1) is 0 Å². The van der Waals surface area contributed by atoms with Gasteiger partial charge in [-0.2, -0.15) is 0 Å². The van der Waals surface area contributed by atoms with E-state index in [-0.39, 0.29) is 49.7 Å². The number of hydrogen-bond acceptors (Lipinski definition) is 9. The average Bonchev–Trinajstić information content (AvgIpc) is 3.52. The van der Waals surface area contributed by atoms with Gasteiger partial charge in [0.1, 0.15) is 12.1 Å². The van der Waals surface area contributed by atoms with Crippen molar-refractivity contribution < 1.29 is 34.2 Å². The van der Waals surface area contributed by atoms with Crippen LogP contribution in [0.25, 0.3) is 11.1 Å². The second-order valence-corrected chi connectivity index (χ2v) is 10.3. The number of hydrogen-bond donors (Lipinski definition) is 8. The molecule has 0 aliphatic carbocycles. The van der Waals surface area contributed by atoms with Gasteiger partial charge in [-0.1, -0.05) is 42.5 Å². The Morgan fingerprint density at radius 1 is 1.08 bits per heavy atom. The minimum atomic E-state index is -2.58. The van der Waals surface area contributed by atoms with Crippen LogP contribution in [-0.2, 0) is 9.59 Å². The van der Waals surface area contributed by atoms with Gasteiger partial charge in [0, 0.05) is 18.4 Å². The van der Waals surface area contributed by atoms with Crippen LogP contribution in [0.1, 0.15) is 23.2 Å². The van der Waals surface area contributed by atoms with Gasteiger partial charge in [-0.25, -0.2) is 9.89 Å². The lowest BCUT2D eigenvalue weighted by Crippen LogP contribution is -2.92. The number of aliphatic hydroxyl groups is 2. The Morgan fingerprint density at radius 3 is 2.49 bits per heavy atom. The number of guanidine groups is 2. The molecular formula is C26H30N8O5+2. The number of amides is 3. The molecule has 10 N–H and O–H groups in total. The largest absolute Gasteiger partial charge is 0.358 e. The average molecular weight is 535 g/mol. The minimum Gasteiger partial charge on any atom is -0.358 e. The van der Waals surface area contributed by atoms with Crippen LogP contribution in [0.4, 0.5) is 0 Å². The number of carbonyl (C=O) groups excluding carboxylic acids is 3. The van der Waals surface area contributed by atoms with Crippen molar-refractivity contribution >= 4 is 29.6 Å². The zero-order valence-corrected chi connectivity index (χ0v) is 20.9. The lowest BCUT2D eigenvalue weighted by molar-refractivity contribution is -0.674. The number of imide groups is 1. The van der Waals surface area contributed by atoms with E-state index < -0.39 is 35.5 Å². The third-order valence-electron chi connectivity index (χ3n) is 8.02. The molecule has 1 unspecified atom stereocenters. The molecule has 3 amide bonds. The standard InChI is InChI=1S/C26H28N8O5/c27-23-31-21-17(12-33-19(35)9-10-20(33)36)29-24(28)34-13-18(26(38,39)25(21,34)32-23)30-22(37)16-8-4-7-15(11-16)14-5-2-1-3-6-14/h1-8,11,17-18,21,38-39H,9-10,12-13H2,(H6,27,28,29,30,31,32,37)/p+2/t17-,18?,21-,25-/m0/s1. The maximum Gasteiger partial charge on any atom is 0.347 e. The summed E-state index contributed by atoms with van der Waals surface area (Å²) in [4.78, 5) is 42.0. The lowest BCUT2D eigenvalue weighted by atomic mass is 9.85. The van der Waals surface area contributed by atoms with Crippen molar-refractivity contribution in [3.63, 3.8) is 0 Å². The highest BCUT2D eigenvalue weighted by atomic mass is 16.5. The highest BCUT2D eigenvalue weighted by molar-refractivity contribution is 6.02. The zero-order valence-electron chi connectivity index (χ0n) is 20.9. The number of benzene rings is 2. The van der Waals surface area contributed by atoms with E-state index in [1.165, 1.54) is 4.58 Å². The highest BCUT2D eigenvalue weighted by Gasteiger charge is 2.78. The molecule has 0 saturated carbocycles. The number of nitrogens with one attached hydrogen (secondary N) is 4. The van der Waals surface area contributed by atoms with Crippen LogP contribution in [0.2, 0.25) is 0 Å². The van der Waals surface area contributed by atoms with Gasteiger partial charge in [-0.3, -0.25) is 41.1 Å². The summed E-state index contributed by atoms with van der Waals surface area (Å²) in [7, 11) is 0. The van der Waals surface area contributed by atoms with E-state index in [1.807, 2.05) is 36.4 Å². The first-order valence-electron chi connectivity index (χ1n) is 12.7. The van der Waals surface area contributed by atoms with Crippen LogP contribution in [0.5, 0.6) is 0 Å². The summed E-state index contributed by atoms with van der Waals surface area (Å²) in [5, 5.41) is 32.0. The fourth-order valence-electron chi connectivity index (χ4n) is 6.13. The molecule has 2 saturated heterocycles. The molecular weight excluding hydrogens is 504 g/mol. The van der Waals surface area contributed by atoms with Crippen LogP contribution in [0, 0.1) is 0 Å². The SMILES string of the molecule is NC1=[NH+][C@H]2[C@H](CN3C(=O)CCC3=O)NC(N)=[N+]3CC(NC(=O)c4cccc(-c5ccccc5)c4)C(O)(O)[C@]23N1. The van der Waals surface area contributed by atoms with Crippen molar-refractivity contribution in [2.24, 2.45) is 11.5 Å². The number of nitrogens with two attached hydrogens (primary N) is 2. The van der Waals surface area contributed by atoms with E-state index in [0.717, 1.165) is 16.0 Å². The Balaban J connectivity index is 1.29. The van der Waals surface area contributed by atoms with E-state index in [9.17, 15) is 24.6 Å². The van der Waals surface area contributed by atoms with Crippen LogP contribution in [0.3, 0.4) is 0 Å². The first kappa shape index (κ1) is 24.8. The molecule has 0 radical (unpaired) electrons. The molecule has 2 aromatic carbocycles. The van der Waals surface area contributed by atoms with Gasteiger partial charge >= 0.3 is 11.9 Å². The summed E-state index contributed by atoms with van der Waals surface area (Å²) in [6.45, 7) is -0.122. The van der Waals surface area contributed by atoms with E-state index in [0.29, 0.717) is 5.56 Å². The predicted octanol–water partition coefficient (Wildman–Crippen LogP) is -4.34. The Hall–Kier alpha value is -4.49. The van der Waals surface area contributed by atoms with Crippen molar-refractivity contribution in [3.05, 3.63) is 60.2 Å². The lowest BCUT2D eigenvalue weighted by Gasteiger charge is -2.41. The Labute approximate surface area is 223 Å². The van der Waals surface area contributed by atoms with Gasteiger partial charge in [0.25, 0.3) is 17.4 Å². The topological polar surface area (TPSA) is 200 Å². The van der Waals surface area contributed by atoms with Gasteiger partial charge in [-0.05, 0) is 23.3 Å². The quantitative estimate of drug-likeness (QED) is 0.106. The zero-order chi connectivity index (χ0) is 27.5. The molecule has 202 valence electrons. The molecule has 1 spiro atoms. The fraction of sp³-hybridized carbons (Fsp3) is 0.346. The maximum atomic E-state index is 13.3. The summed E-state index contributed by atoms with van der Waals surface area (Å²) in [6.07, 6.45) is 0.242. The molecule has 0 aromatic heterocycles.